The van der Waals surface area contributed by atoms with E-state index in [0.29, 0.717) is 10.8 Å². The molecule has 0 N–H and O–H groups in total. The summed E-state index contributed by atoms with van der Waals surface area (Å²) < 4.78 is 11.2. The summed E-state index contributed by atoms with van der Waals surface area (Å²) in [4.78, 5) is 0. The molecule has 0 aliphatic heterocycles. The van der Waals surface area contributed by atoms with Gasteiger partial charge in [-0.15, -0.1) is 0 Å². The Bertz CT molecular complexity index is 360. The molecule has 3 saturated carbocycles. The molecule has 5 rings (SSSR count). The third-order valence-corrected chi connectivity index (χ3v) is 4.93. The van der Waals surface area contributed by atoms with Crippen LogP contribution in [0, 0.1) is 16.7 Å². The predicted octanol–water partition coefficient (Wildman–Crippen LogP) is 3.30. The molecule has 5 aliphatic carbocycles. The van der Waals surface area contributed by atoms with E-state index in [0.717, 1.165) is 25.7 Å². The van der Waals surface area contributed by atoms with E-state index in [2.05, 4.69) is 19.6 Å². The van der Waals surface area contributed by atoms with Crippen molar-refractivity contribution in [2.24, 2.45) is 16.7 Å². The summed E-state index contributed by atoms with van der Waals surface area (Å²) in [5.74, 6) is 0.825. The van der Waals surface area contributed by atoms with E-state index in [1.165, 1.54) is 25.7 Å². The Kier molecular flexibility index (Phi) is 2.58. The van der Waals surface area contributed by atoms with E-state index in [-0.39, 0.29) is 0 Å². The zero-order valence-electron chi connectivity index (χ0n) is 10.7. The van der Waals surface area contributed by atoms with E-state index in [4.69, 9.17) is 9.47 Å². The minimum absolute atomic E-state index is 0.340. The Hall–Kier alpha value is -0.760. The van der Waals surface area contributed by atoms with Crippen molar-refractivity contribution in [2.75, 3.05) is 19.8 Å². The number of fused-ring (bicyclic) bond motifs is 1. The fraction of sp³-hybridized carbons (Fsp3) is 0.733. The lowest BCUT2D eigenvalue weighted by Gasteiger charge is -2.64. The maximum absolute atomic E-state index is 5.72. The van der Waals surface area contributed by atoms with Crippen LogP contribution >= 0.6 is 0 Å². The molecule has 0 saturated heterocycles. The highest BCUT2D eigenvalue weighted by atomic mass is 16.5. The molecule has 3 unspecified atom stereocenters. The van der Waals surface area contributed by atoms with Crippen LogP contribution in [0.25, 0.3) is 0 Å². The molecule has 2 heteroatoms. The van der Waals surface area contributed by atoms with Gasteiger partial charge in [-0.05, 0) is 43.9 Å². The normalized spacial score (nSPS) is 41.7. The van der Waals surface area contributed by atoms with Gasteiger partial charge in [0, 0.05) is 12.0 Å². The van der Waals surface area contributed by atoms with Gasteiger partial charge in [-0.3, -0.25) is 0 Å². The van der Waals surface area contributed by atoms with Crippen LogP contribution in [0.5, 0.6) is 0 Å². The van der Waals surface area contributed by atoms with Gasteiger partial charge in [-0.1, -0.05) is 18.2 Å². The Morgan fingerprint density at radius 1 is 1.47 bits per heavy atom. The summed E-state index contributed by atoms with van der Waals surface area (Å²) >= 11 is 0. The first-order chi connectivity index (χ1) is 8.24. The fourth-order valence-corrected chi connectivity index (χ4v) is 4.43. The van der Waals surface area contributed by atoms with Crippen molar-refractivity contribution in [1.82, 2.24) is 0 Å². The number of ether oxygens (including phenoxy) is 2. The second-order valence-corrected chi connectivity index (χ2v) is 6.04. The molecule has 0 aromatic rings. The van der Waals surface area contributed by atoms with Gasteiger partial charge < -0.3 is 9.47 Å². The Balaban J connectivity index is 1.76. The van der Waals surface area contributed by atoms with Crippen LogP contribution in [-0.4, -0.2) is 19.8 Å². The summed E-state index contributed by atoms with van der Waals surface area (Å²) in [7, 11) is 0. The topological polar surface area (TPSA) is 18.5 Å². The second-order valence-electron chi connectivity index (χ2n) is 6.04. The highest BCUT2D eigenvalue weighted by Gasteiger charge is 2.62. The quantitative estimate of drug-likeness (QED) is 0.518. The Morgan fingerprint density at radius 2 is 2.35 bits per heavy atom. The highest BCUT2D eigenvalue weighted by Crippen LogP contribution is 2.69. The number of hydrogen-bond acceptors (Lipinski definition) is 2. The molecule has 4 bridgehead atoms. The van der Waals surface area contributed by atoms with Crippen LogP contribution in [-0.2, 0) is 9.47 Å². The first-order valence-electron chi connectivity index (χ1n) is 6.74. The van der Waals surface area contributed by atoms with Gasteiger partial charge in [0.2, 0.25) is 0 Å². The van der Waals surface area contributed by atoms with Crippen molar-refractivity contribution in [2.45, 2.75) is 32.6 Å². The molecule has 3 atom stereocenters. The Morgan fingerprint density at radius 3 is 3.06 bits per heavy atom. The van der Waals surface area contributed by atoms with Gasteiger partial charge >= 0.3 is 0 Å². The summed E-state index contributed by atoms with van der Waals surface area (Å²) in [6, 6.07) is 0. The van der Waals surface area contributed by atoms with Gasteiger partial charge in [-0.25, -0.2) is 0 Å². The van der Waals surface area contributed by atoms with Crippen LogP contribution < -0.4 is 0 Å². The van der Waals surface area contributed by atoms with E-state index >= 15 is 0 Å². The van der Waals surface area contributed by atoms with E-state index in [1.807, 2.05) is 0 Å². The maximum atomic E-state index is 5.72. The lowest BCUT2D eigenvalue weighted by molar-refractivity contribution is -0.101. The molecule has 0 aromatic carbocycles. The molecule has 3 fully saturated rings. The Labute approximate surface area is 104 Å². The molecule has 5 aliphatic rings. The van der Waals surface area contributed by atoms with Crippen molar-refractivity contribution < 1.29 is 9.47 Å². The average molecular weight is 234 g/mol. The van der Waals surface area contributed by atoms with Gasteiger partial charge in [0.25, 0.3) is 0 Å². The number of rotatable bonds is 6. The van der Waals surface area contributed by atoms with Crippen molar-refractivity contribution in [3.05, 3.63) is 24.5 Å². The minimum Gasteiger partial charge on any atom is -0.501 e. The zero-order chi connectivity index (χ0) is 11.9. The molecule has 2 nitrogen and oxygen atoms in total. The van der Waals surface area contributed by atoms with Crippen LogP contribution in [0.4, 0.5) is 0 Å². The lowest BCUT2D eigenvalue weighted by Crippen LogP contribution is -2.58. The van der Waals surface area contributed by atoms with Crippen molar-refractivity contribution in [1.29, 1.82) is 0 Å². The second kappa shape index (κ2) is 3.88. The first-order valence-corrected chi connectivity index (χ1v) is 6.74. The highest BCUT2D eigenvalue weighted by molar-refractivity contribution is 5.36. The molecule has 0 amide bonds. The molecule has 0 spiro atoms. The number of hydrogen-bond donors (Lipinski definition) is 0. The molecule has 0 heterocycles. The van der Waals surface area contributed by atoms with E-state index in [9.17, 15) is 0 Å². The van der Waals surface area contributed by atoms with E-state index in [1.54, 1.807) is 11.8 Å². The molecular formula is C15H22O2. The monoisotopic (exact) mass is 234 g/mol. The summed E-state index contributed by atoms with van der Waals surface area (Å²) in [5.41, 5.74) is 2.43. The molecule has 0 radical (unpaired) electrons. The lowest BCUT2D eigenvalue weighted by atomic mass is 9.41. The summed E-state index contributed by atoms with van der Waals surface area (Å²) in [6.07, 6.45) is 9.20. The third-order valence-electron chi connectivity index (χ3n) is 4.93. The van der Waals surface area contributed by atoms with Crippen LogP contribution in [0.2, 0.25) is 0 Å². The zero-order valence-corrected chi connectivity index (χ0v) is 10.7. The van der Waals surface area contributed by atoms with Crippen LogP contribution in [0.1, 0.15) is 32.6 Å². The van der Waals surface area contributed by atoms with Gasteiger partial charge in [-0.2, -0.15) is 0 Å². The first kappa shape index (κ1) is 11.3. The summed E-state index contributed by atoms with van der Waals surface area (Å²) in [6.45, 7) is 8.33. The minimum atomic E-state index is 0.340. The van der Waals surface area contributed by atoms with Crippen molar-refractivity contribution in [3.63, 3.8) is 0 Å². The molecular weight excluding hydrogens is 212 g/mol. The number of allylic oxidation sites excluding steroid dienone is 1. The predicted molar refractivity (Wildman–Crippen MR) is 67.5 cm³/mol. The van der Waals surface area contributed by atoms with Gasteiger partial charge in [0.1, 0.15) is 0 Å². The van der Waals surface area contributed by atoms with Crippen LogP contribution in [0.15, 0.2) is 24.5 Å². The van der Waals surface area contributed by atoms with Crippen LogP contribution in [0.3, 0.4) is 0 Å². The van der Waals surface area contributed by atoms with E-state index < -0.39 is 0 Å². The molecule has 17 heavy (non-hydrogen) atoms. The molecule has 0 aromatic heterocycles. The fourth-order valence-electron chi connectivity index (χ4n) is 4.43. The van der Waals surface area contributed by atoms with Crippen molar-refractivity contribution >= 4 is 0 Å². The van der Waals surface area contributed by atoms with Gasteiger partial charge in [0.15, 0.2) is 0 Å². The SMILES string of the molecule is C=COCC12CC3CC(COCC)(CC=C31)C2. The smallest absolute Gasteiger partial charge is 0.0966 e. The standard InChI is InChI=1S/C15H22O2/c1-3-16-10-14-6-5-13-12(7-14)8-15(13,9-14)11-17-4-2/h4-5,12H,2-3,6-11H2,1H3. The van der Waals surface area contributed by atoms with Gasteiger partial charge in [0.05, 0.1) is 19.5 Å². The molecule has 94 valence electrons. The van der Waals surface area contributed by atoms with Crippen molar-refractivity contribution in [3.8, 4) is 0 Å². The average Bonchev–Trinajstić information content (AvgIpc) is 2.34. The third kappa shape index (κ3) is 1.57. The largest absolute Gasteiger partial charge is 0.501 e. The summed E-state index contributed by atoms with van der Waals surface area (Å²) in [5, 5.41) is 0. The maximum Gasteiger partial charge on any atom is 0.0966 e.